The monoisotopic (exact) mass is 673 g/mol. The topological polar surface area (TPSA) is 216 Å². The summed E-state index contributed by atoms with van der Waals surface area (Å²) in [5, 5.41) is 0. The molecule has 3 fully saturated rings. The van der Waals surface area contributed by atoms with Crippen molar-refractivity contribution in [3.63, 3.8) is 0 Å². The van der Waals surface area contributed by atoms with Crippen molar-refractivity contribution in [3.8, 4) is 0 Å². The first-order chi connectivity index (χ1) is 20.9. The van der Waals surface area contributed by atoms with Crippen molar-refractivity contribution in [2.24, 2.45) is 0 Å². The Morgan fingerprint density at radius 3 is 2.14 bits per heavy atom. The van der Waals surface area contributed by atoms with Crippen LogP contribution in [-0.2, 0) is 36.7 Å². The van der Waals surface area contributed by atoms with Gasteiger partial charge in [0.25, 0.3) is 15.0 Å². The highest BCUT2D eigenvalue weighted by Crippen LogP contribution is 2.58. The van der Waals surface area contributed by atoms with Crippen molar-refractivity contribution in [2.75, 3.05) is 24.7 Å². The van der Waals surface area contributed by atoms with Crippen LogP contribution in [0.3, 0.4) is 0 Å². The maximum Gasteiger partial charge on any atom is 0.386 e. The summed E-state index contributed by atoms with van der Waals surface area (Å²) in [5.41, 5.74) is 13.0. The van der Waals surface area contributed by atoms with E-state index in [1.165, 1.54) is 40.4 Å². The van der Waals surface area contributed by atoms with Gasteiger partial charge < -0.3 is 30.0 Å². The van der Waals surface area contributed by atoms with Gasteiger partial charge in [-0.25, -0.2) is 38.3 Å². The molecule has 3 saturated heterocycles. The Hall–Kier alpha value is -2.74. The Bertz CT molecular complexity index is 1710. The Morgan fingerprint density at radius 2 is 1.45 bits per heavy atom. The number of imidazole rings is 2. The van der Waals surface area contributed by atoms with Crippen molar-refractivity contribution in [1.82, 2.24) is 34.1 Å². The molecule has 23 heteroatoms. The fraction of sp³-hybridized carbons (Fsp3) is 0.476. The summed E-state index contributed by atoms with van der Waals surface area (Å²) in [6.07, 6.45) is -7.32. The molecule has 0 amide bonds. The second-order valence-corrected chi connectivity index (χ2v) is 15.2. The van der Waals surface area contributed by atoms with E-state index in [9.17, 15) is 9.13 Å². The number of thiol groups is 1. The highest BCUT2D eigenvalue weighted by atomic mass is 32.7. The molecule has 3 aliphatic heterocycles. The predicted molar refractivity (Wildman–Crippen MR) is 154 cm³/mol. The van der Waals surface area contributed by atoms with Crippen molar-refractivity contribution in [3.05, 3.63) is 31.2 Å². The highest BCUT2D eigenvalue weighted by Gasteiger charge is 2.54. The number of nitrogens with two attached hydrogens (primary N) is 2. The molecular weight excluding hydrogens is 649 g/mol. The molecule has 0 radical (unpaired) electrons. The van der Waals surface area contributed by atoms with E-state index in [4.69, 9.17) is 39.0 Å². The summed E-state index contributed by atoms with van der Waals surface area (Å²) < 4.78 is 95.2. The van der Waals surface area contributed by atoms with E-state index >= 15 is 8.78 Å². The van der Waals surface area contributed by atoms with Gasteiger partial charge in [0.15, 0.2) is 41.9 Å². The molecule has 0 saturated carbocycles. The van der Waals surface area contributed by atoms with Gasteiger partial charge in [-0.15, -0.1) is 0 Å². The Balaban J connectivity index is 1.17. The lowest BCUT2D eigenvalue weighted by Crippen LogP contribution is -2.37. The van der Waals surface area contributed by atoms with Crippen LogP contribution in [0.2, 0.25) is 0 Å². The molecule has 44 heavy (non-hydrogen) atoms. The summed E-state index contributed by atoms with van der Waals surface area (Å²) >= 11 is 4.01. The molecule has 234 valence electrons. The number of hydrogen-bond acceptors (Lipinski definition) is 15. The van der Waals surface area contributed by atoms with E-state index in [0.29, 0.717) is 11.2 Å². The Morgan fingerprint density at radius 1 is 0.864 bits per heavy atom. The Kier molecular flexibility index (Phi) is 7.46. The average Bonchev–Trinajstić information content (AvgIpc) is 3.73. The fourth-order valence-electron chi connectivity index (χ4n) is 5.36. The van der Waals surface area contributed by atoms with Crippen LogP contribution in [0.1, 0.15) is 12.5 Å². The Labute approximate surface area is 252 Å². The third kappa shape index (κ3) is 5.19. The van der Waals surface area contributed by atoms with E-state index in [-0.39, 0.29) is 22.6 Å². The molecule has 7 heterocycles. The fourth-order valence-corrected chi connectivity index (χ4v) is 8.02. The molecule has 0 aromatic carbocycles. The molecule has 3 aliphatic rings. The minimum absolute atomic E-state index is 0.0633. The van der Waals surface area contributed by atoms with Crippen LogP contribution < -0.4 is 11.5 Å². The molecule has 4 N–H and O–H groups in total. The number of nitrogens with zero attached hydrogens (tertiary/aromatic N) is 7. The maximum atomic E-state index is 16.0. The molecule has 7 rings (SSSR count). The van der Waals surface area contributed by atoms with Gasteiger partial charge >= 0.3 is 6.80 Å². The third-order valence-corrected chi connectivity index (χ3v) is 10.3. The molecule has 0 spiro atoms. The van der Waals surface area contributed by atoms with Crippen LogP contribution in [0.4, 0.5) is 20.3 Å². The van der Waals surface area contributed by atoms with Gasteiger partial charge in [0, 0.05) is 6.20 Å². The standard InChI is InChI=1S/C21H24BF2N9O8P2S/c22-42(34)36-3-9-16(12(24)21(38-9)33-7-31-14-17(26)28-5-29-19(14)33)41-43(35,44)37-4-10-15(40-42)11(23)20(39-10)32-6-30-13-8(25)1-2-27-18(13)32/h1-2,5-7,9-12,15-16,20-21H,3-4,22H2,(H2,25,27)(H,35,44)(H2,26,28,29)/t9-,10?,11-,12-,15-,16-,20-,21-,42-,43-/m1/s1. The van der Waals surface area contributed by atoms with E-state index in [2.05, 4.69) is 37.2 Å². The number of hydrogen-bond donors (Lipinski definition) is 3. The number of aromatic nitrogens is 7. The van der Waals surface area contributed by atoms with Crippen molar-refractivity contribution >= 4 is 67.9 Å². The van der Waals surface area contributed by atoms with Gasteiger partial charge in [0.2, 0.25) is 0 Å². The summed E-state index contributed by atoms with van der Waals surface area (Å²) in [4.78, 5) is 20.4. The van der Waals surface area contributed by atoms with Crippen molar-refractivity contribution in [1.29, 1.82) is 0 Å². The lowest BCUT2D eigenvalue weighted by Gasteiger charge is -2.29. The molecule has 10 atom stereocenters. The molecular formula is C21H24BF2N9O8P2S. The zero-order valence-corrected chi connectivity index (χ0v) is 25.3. The molecule has 1 unspecified atom stereocenters. The summed E-state index contributed by atoms with van der Waals surface area (Å²) in [7, 11) is -2.95. The number of alkyl halides is 2. The predicted octanol–water partition coefficient (Wildman–Crippen LogP) is 1.50. The second kappa shape index (κ2) is 11.0. The number of pyridine rings is 1. The normalized spacial score (nSPS) is 38.2. The zero-order valence-electron chi connectivity index (χ0n) is 22.6. The van der Waals surface area contributed by atoms with E-state index < -0.39 is 76.7 Å². The van der Waals surface area contributed by atoms with Crippen LogP contribution in [0.5, 0.6) is 0 Å². The van der Waals surface area contributed by atoms with Crippen LogP contribution in [-0.4, -0.2) is 91.6 Å². The third-order valence-electron chi connectivity index (χ3n) is 7.40. The number of fused-ring (bicyclic) bond motifs is 4. The van der Waals surface area contributed by atoms with Crippen LogP contribution in [0.15, 0.2) is 31.2 Å². The minimum atomic E-state index is -4.36. The molecule has 0 bridgehead atoms. The average molecular weight is 673 g/mol. The molecule has 4 aromatic rings. The van der Waals surface area contributed by atoms with Gasteiger partial charge in [-0.2, -0.15) is 0 Å². The van der Waals surface area contributed by atoms with Gasteiger partial charge in [-0.05, 0) is 6.07 Å². The summed E-state index contributed by atoms with van der Waals surface area (Å²) in [6, 6.07) is 1.53. The maximum absolute atomic E-state index is 16.0. The molecule has 0 aliphatic carbocycles. The lowest BCUT2D eigenvalue weighted by atomic mass is 10.1. The van der Waals surface area contributed by atoms with E-state index in [1.54, 1.807) is 0 Å². The number of nitrogen functional groups attached to an aromatic ring is 2. The largest absolute Gasteiger partial charge is 0.397 e. The lowest BCUT2D eigenvalue weighted by molar-refractivity contribution is -0.0546. The first kappa shape index (κ1) is 29.9. The first-order valence-corrected chi connectivity index (χ1v) is 17.8. The smallest absolute Gasteiger partial charge is 0.386 e. The van der Waals surface area contributed by atoms with Crippen molar-refractivity contribution < 1.29 is 45.5 Å². The quantitative estimate of drug-likeness (QED) is 0.156. The highest BCUT2D eigenvalue weighted by molar-refractivity contribution is 8.44. The number of anilines is 2. The zero-order chi connectivity index (χ0) is 31.0. The van der Waals surface area contributed by atoms with E-state index in [0.717, 1.165) is 7.57 Å². The first-order valence-electron chi connectivity index (χ1n) is 13.1. The number of halogens is 2. The van der Waals surface area contributed by atoms with Crippen LogP contribution in [0, 0.1) is 0 Å². The van der Waals surface area contributed by atoms with Gasteiger partial charge in [0.05, 0.1) is 31.6 Å². The second-order valence-electron chi connectivity index (χ2n) is 10.3. The van der Waals surface area contributed by atoms with Gasteiger partial charge in [-0.3, -0.25) is 22.7 Å². The van der Waals surface area contributed by atoms with Crippen molar-refractivity contribution in [2.45, 2.75) is 49.2 Å². The molecule has 17 nitrogen and oxygen atoms in total. The van der Waals surface area contributed by atoms with E-state index in [1.807, 2.05) is 0 Å². The minimum Gasteiger partial charge on any atom is -0.397 e. The van der Waals surface area contributed by atoms with Crippen LogP contribution in [0.25, 0.3) is 22.3 Å². The van der Waals surface area contributed by atoms with Gasteiger partial charge in [0.1, 0.15) is 41.8 Å². The number of ether oxygens (including phenoxy) is 2. The molecule has 4 aromatic heterocycles. The van der Waals surface area contributed by atoms with Gasteiger partial charge in [-0.1, -0.05) is 12.2 Å². The SMILES string of the molecule is B[P@@]1(=O)OC[C@H]2O[C@@H](n3cnc4c(N)ncnc43)[C@H](F)[C@@H]2O[P@](=O)(S)OCC2O[C@@H](n3cnc4c(N)ccnc43)[C@H](F)[C@@H]2O1. The van der Waals surface area contributed by atoms with Crippen LogP contribution >= 0.6 is 26.5 Å². The number of rotatable bonds is 2. The summed E-state index contributed by atoms with van der Waals surface area (Å²) in [5.74, 6) is 0.0633. The summed E-state index contributed by atoms with van der Waals surface area (Å²) in [6.45, 7) is -5.53.